The molecule has 1 amide bonds. The number of ether oxygens (including phenoxy) is 2. The molecular formula is C30H33BrClN3O5. The van der Waals surface area contributed by atoms with E-state index in [-0.39, 0.29) is 17.5 Å². The number of halogens is 2. The normalized spacial score (nSPS) is 11.7. The highest BCUT2D eigenvalue weighted by Crippen LogP contribution is 2.41. The summed E-state index contributed by atoms with van der Waals surface area (Å²) in [5, 5.41) is 3.80. The standard InChI is InChI=1S/C30H33BrClN3O5/c1-7-38-28(36)25-27(32)34-23(14-17(2)3)35(25)16-18-12-13-22-20(15-18)24(31)26(39-22)19-10-8-9-11-21(19)33-29(37)40-30(4,5)6/h8-13,15,17H,7,14,16H2,1-6H3,(H,33,37). The lowest BCUT2D eigenvalue weighted by Gasteiger charge is -2.20. The number of hydrogen-bond donors (Lipinski definition) is 1. The Balaban J connectivity index is 1.71. The summed E-state index contributed by atoms with van der Waals surface area (Å²) >= 11 is 10.1. The second kappa shape index (κ2) is 12.1. The summed E-state index contributed by atoms with van der Waals surface area (Å²) in [5.74, 6) is 1.10. The molecule has 0 aliphatic rings. The van der Waals surface area contributed by atoms with Crippen molar-refractivity contribution in [3.05, 3.63) is 69.2 Å². The zero-order chi connectivity index (χ0) is 29.2. The van der Waals surface area contributed by atoms with E-state index in [1.807, 2.05) is 61.7 Å². The fourth-order valence-corrected chi connectivity index (χ4v) is 5.21. The Morgan fingerprint density at radius 2 is 1.90 bits per heavy atom. The molecule has 0 saturated heterocycles. The number of carbonyl (C=O) groups excluding carboxylic acids is 2. The van der Waals surface area contributed by atoms with Crippen molar-refractivity contribution in [2.24, 2.45) is 5.92 Å². The zero-order valence-electron chi connectivity index (χ0n) is 23.4. The SMILES string of the molecule is CCOC(=O)c1c(Cl)nc(CC(C)C)n1Cc1ccc2oc(-c3ccccc3NC(=O)OC(C)(C)C)c(Br)c2c1. The first kappa shape index (κ1) is 29.7. The number of benzene rings is 2. The smallest absolute Gasteiger partial charge is 0.412 e. The first-order chi connectivity index (χ1) is 18.9. The monoisotopic (exact) mass is 629 g/mol. The van der Waals surface area contributed by atoms with Gasteiger partial charge in [0.2, 0.25) is 0 Å². The predicted octanol–water partition coefficient (Wildman–Crippen LogP) is 8.48. The number of hydrogen-bond acceptors (Lipinski definition) is 6. The maximum absolute atomic E-state index is 12.8. The molecule has 0 spiro atoms. The van der Waals surface area contributed by atoms with E-state index in [4.69, 9.17) is 25.5 Å². The molecule has 0 bridgehead atoms. The summed E-state index contributed by atoms with van der Waals surface area (Å²) in [6.45, 7) is 12.0. The van der Waals surface area contributed by atoms with E-state index in [2.05, 4.69) is 40.1 Å². The van der Waals surface area contributed by atoms with Crippen LogP contribution in [0.25, 0.3) is 22.3 Å². The molecule has 0 aliphatic heterocycles. The van der Waals surface area contributed by atoms with Crippen LogP contribution in [0.1, 0.15) is 63.4 Å². The molecule has 40 heavy (non-hydrogen) atoms. The van der Waals surface area contributed by atoms with Crippen LogP contribution in [-0.4, -0.2) is 33.8 Å². The minimum Gasteiger partial charge on any atom is -0.461 e. The van der Waals surface area contributed by atoms with E-state index in [0.717, 1.165) is 21.2 Å². The number of anilines is 1. The van der Waals surface area contributed by atoms with Crippen LogP contribution in [-0.2, 0) is 22.4 Å². The van der Waals surface area contributed by atoms with Crippen molar-refractivity contribution in [3.63, 3.8) is 0 Å². The Bertz CT molecular complexity index is 1550. The maximum atomic E-state index is 12.8. The summed E-state index contributed by atoms with van der Waals surface area (Å²) in [6, 6.07) is 13.2. The van der Waals surface area contributed by atoms with Gasteiger partial charge in [-0.25, -0.2) is 14.6 Å². The first-order valence-electron chi connectivity index (χ1n) is 13.1. The van der Waals surface area contributed by atoms with E-state index in [9.17, 15) is 9.59 Å². The van der Waals surface area contributed by atoms with Crippen molar-refractivity contribution < 1.29 is 23.5 Å². The number of esters is 1. The van der Waals surface area contributed by atoms with E-state index in [0.29, 0.717) is 41.5 Å². The average Bonchev–Trinajstić information content (AvgIpc) is 3.33. The molecule has 0 atom stereocenters. The lowest BCUT2D eigenvalue weighted by Crippen LogP contribution is -2.27. The van der Waals surface area contributed by atoms with Crippen molar-refractivity contribution in [2.75, 3.05) is 11.9 Å². The zero-order valence-corrected chi connectivity index (χ0v) is 25.8. The Kier molecular flexibility index (Phi) is 8.95. The minimum atomic E-state index is -0.628. The van der Waals surface area contributed by atoms with E-state index >= 15 is 0 Å². The van der Waals surface area contributed by atoms with Gasteiger partial charge < -0.3 is 18.5 Å². The van der Waals surface area contributed by atoms with Gasteiger partial charge in [0, 0.05) is 23.9 Å². The second-order valence-corrected chi connectivity index (χ2v) is 12.0. The molecule has 0 unspecified atom stereocenters. The van der Waals surface area contributed by atoms with Crippen molar-refractivity contribution in [1.82, 2.24) is 9.55 Å². The van der Waals surface area contributed by atoms with Crippen LogP contribution in [0.3, 0.4) is 0 Å². The summed E-state index contributed by atoms with van der Waals surface area (Å²) in [5.41, 5.74) is 2.45. The number of nitrogens with one attached hydrogen (secondary N) is 1. The molecule has 2 aromatic heterocycles. The molecule has 2 heterocycles. The molecule has 0 aliphatic carbocycles. The summed E-state index contributed by atoms with van der Waals surface area (Å²) in [7, 11) is 0. The van der Waals surface area contributed by atoms with Crippen LogP contribution in [0, 0.1) is 5.92 Å². The Morgan fingerprint density at radius 3 is 2.58 bits per heavy atom. The quantitative estimate of drug-likeness (QED) is 0.196. The Labute approximate surface area is 247 Å². The number of carbonyl (C=O) groups is 2. The van der Waals surface area contributed by atoms with Crippen LogP contribution in [0.5, 0.6) is 0 Å². The fraction of sp³-hybridized carbons (Fsp3) is 0.367. The number of imidazole rings is 1. The molecule has 0 radical (unpaired) electrons. The number of rotatable bonds is 8. The topological polar surface area (TPSA) is 95.6 Å². The predicted molar refractivity (Wildman–Crippen MR) is 160 cm³/mol. The number of fused-ring (bicyclic) bond motifs is 1. The van der Waals surface area contributed by atoms with Gasteiger partial charge in [0.15, 0.2) is 16.6 Å². The van der Waals surface area contributed by atoms with Crippen molar-refractivity contribution in [2.45, 2.75) is 60.1 Å². The van der Waals surface area contributed by atoms with Gasteiger partial charge in [-0.15, -0.1) is 0 Å². The maximum Gasteiger partial charge on any atom is 0.412 e. The van der Waals surface area contributed by atoms with Crippen LogP contribution in [0.2, 0.25) is 5.15 Å². The molecule has 4 rings (SSSR count). The number of amides is 1. The number of nitrogens with zero attached hydrogens (tertiary/aromatic N) is 2. The first-order valence-corrected chi connectivity index (χ1v) is 14.3. The van der Waals surface area contributed by atoms with Gasteiger partial charge >= 0.3 is 12.1 Å². The third-order valence-electron chi connectivity index (χ3n) is 5.90. The van der Waals surface area contributed by atoms with Gasteiger partial charge in [0.25, 0.3) is 0 Å². The molecule has 10 heteroatoms. The third kappa shape index (κ3) is 6.70. The molecule has 0 saturated carbocycles. The lowest BCUT2D eigenvalue weighted by atomic mass is 10.1. The average molecular weight is 631 g/mol. The highest BCUT2D eigenvalue weighted by atomic mass is 79.9. The van der Waals surface area contributed by atoms with Gasteiger partial charge in [-0.2, -0.15) is 0 Å². The summed E-state index contributed by atoms with van der Waals surface area (Å²) < 4.78 is 19.5. The molecule has 2 aromatic carbocycles. The van der Waals surface area contributed by atoms with Gasteiger partial charge in [-0.1, -0.05) is 43.6 Å². The van der Waals surface area contributed by atoms with Gasteiger partial charge in [0.05, 0.1) is 16.8 Å². The second-order valence-electron chi connectivity index (χ2n) is 10.8. The third-order valence-corrected chi connectivity index (χ3v) is 6.95. The number of furan rings is 1. The molecule has 1 N–H and O–H groups in total. The minimum absolute atomic E-state index is 0.135. The molecule has 0 fully saturated rings. The van der Waals surface area contributed by atoms with E-state index < -0.39 is 17.7 Å². The Hall–Kier alpha value is -3.30. The van der Waals surface area contributed by atoms with Gasteiger partial charge in [0.1, 0.15) is 17.0 Å². The molecule has 8 nitrogen and oxygen atoms in total. The molecule has 212 valence electrons. The van der Waals surface area contributed by atoms with Crippen LogP contribution < -0.4 is 5.32 Å². The van der Waals surface area contributed by atoms with Gasteiger partial charge in [-0.05, 0) is 79.4 Å². The van der Waals surface area contributed by atoms with Crippen molar-refractivity contribution in [1.29, 1.82) is 0 Å². The summed E-state index contributed by atoms with van der Waals surface area (Å²) in [4.78, 5) is 29.7. The fourth-order valence-electron chi connectivity index (χ4n) is 4.32. The van der Waals surface area contributed by atoms with Crippen molar-refractivity contribution >= 4 is 56.3 Å². The molecule has 4 aromatic rings. The van der Waals surface area contributed by atoms with Crippen molar-refractivity contribution in [3.8, 4) is 11.3 Å². The lowest BCUT2D eigenvalue weighted by molar-refractivity contribution is 0.0513. The number of para-hydroxylation sites is 1. The highest BCUT2D eigenvalue weighted by molar-refractivity contribution is 9.10. The van der Waals surface area contributed by atoms with Crippen LogP contribution in [0.4, 0.5) is 10.5 Å². The highest BCUT2D eigenvalue weighted by Gasteiger charge is 2.25. The largest absolute Gasteiger partial charge is 0.461 e. The number of aromatic nitrogens is 2. The van der Waals surface area contributed by atoms with Crippen LogP contribution in [0.15, 0.2) is 51.4 Å². The molecular weight excluding hydrogens is 598 g/mol. The van der Waals surface area contributed by atoms with E-state index in [1.165, 1.54) is 0 Å². The summed E-state index contributed by atoms with van der Waals surface area (Å²) in [6.07, 6.45) is 0.102. The van der Waals surface area contributed by atoms with Crippen LogP contribution >= 0.6 is 27.5 Å². The van der Waals surface area contributed by atoms with E-state index in [1.54, 1.807) is 13.0 Å². The van der Waals surface area contributed by atoms with Gasteiger partial charge in [-0.3, -0.25) is 5.32 Å². The Morgan fingerprint density at radius 1 is 1.18 bits per heavy atom.